The van der Waals surface area contributed by atoms with Gasteiger partial charge in [-0.25, -0.2) is 0 Å². The van der Waals surface area contributed by atoms with Crippen LogP contribution >= 0.6 is 15.9 Å². The highest BCUT2D eigenvalue weighted by Gasteiger charge is 2.33. The molecule has 2 rings (SSSR count). The molecule has 0 aliphatic carbocycles. The van der Waals surface area contributed by atoms with Gasteiger partial charge >= 0.3 is 0 Å². The Balaban J connectivity index is 2.16. The van der Waals surface area contributed by atoms with E-state index in [1.54, 1.807) is 14.2 Å². The fraction of sp³-hybridized carbons (Fsp3) is 0.625. The molecule has 0 bridgehead atoms. The summed E-state index contributed by atoms with van der Waals surface area (Å²) in [6.45, 7) is 5.85. The van der Waals surface area contributed by atoms with Crippen LogP contribution in [0.3, 0.4) is 0 Å². The monoisotopic (exact) mass is 356 g/mol. The molecule has 2 atom stereocenters. The zero-order valence-electron chi connectivity index (χ0n) is 13.1. The summed E-state index contributed by atoms with van der Waals surface area (Å²) in [6, 6.07) is 6.47. The first kappa shape index (κ1) is 16.7. The first-order chi connectivity index (χ1) is 10.2. The molecular formula is C16H25BrN2O2. The molecule has 2 unspecified atom stereocenters. The highest BCUT2D eigenvalue weighted by Crippen LogP contribution is 2.29. The summed E-state index contributed by atoms with van der Waals surface area (Å²) in [7, 11) is 3.51. The minimum atomic E-state index is 0.130. The Hall–Kier alpha value is -0.620. The summed E-state index contributed by atoms with van der Waals surface area (Å²) in [6.07, 6.45) is 1.41. The van der Waals surface area contributed by atoms with Crippen molar-refractivity contribution in [3.05, 3.63) is 28.2 Å². The molecule has 1 heterocycles. The van der Waals surface area contributed by atoms with Crippen LogP contribution in [0.15, 0.2) is 22.7 Å². The van der Waals surface area contributed by atoms with Crippen LogP contribution in [-0.2, 0) is 16.0 Å². The standard InChI is InChI=1S/C16H25BrN2O2/c1-4-7-18-9-12-5-6-13(17)8-14(12)19-10-15(20-2)16(11-19)21-3/h5-6,8,15-16,18H,4,7,9-11H2,1-3H3. The van der Waals surface area contributed by atoms with Crippen molar-refractivity contribution in [3.63, 3.8) is 0 Å². The van der Waals surface area contributed by atoms with E-state index in [0.717, 1.165) is 37.1 Å². The maximum absolute atomic E-state index is 5.54. The van der Waals surface area contributed by atoms with Crippen molar-refractivity contribution in [2.75, 3.05) is 38.8 Å². The molecule has 1 aliphatic rings. The van der Waals surface area contributed by atoms with Crippen molar-refractivity contribution < 1.29 is 9.47 Å². The van der Waals surface area contributed by atoms with E-state index >= 15 is 0 Å². The van der Waals surface area contributed by atoms with Gasteiger partial charge in [0, 0.05) is 44.0 Å². The SMILES string of the molecule is CCCNCc1ccc(Br)cc1N1CC(OC)C(OC)C1. The quantitative estimate of drug-likeness (QED) is 0.761. The fourth-order valence-corrected chi connectivity index (χ4v) is 3.12. The molecule has 0 radical (unpaired) electrons. The van der Waals surface area contributed by atoms with Gasteiger partial charge in [-0.3, -0.25) is 0 Å². The zero-order chi connectivity index (χ0) is 15.2. The maximum atomic E-state index is 5.54. The van der Waals surface area contributed by atoms with Crippen LogP contribution in [0.5, 0.6) is 0 Å². The van der Waals surface area contributed by atoms with Gasteiger partial charge in [0.2, 0.25) is 0 Å². The average Bonchev–Trinajstić information content (AvgIpc) is 2.92. The third-order valence-electron chi connectivity index (χ3n) is 3.95. The van der Waals surface area contributed by atoms with Gasteiger partial charge in [0.25, 0.3) is 0 Å². The highest BCUT2D eigenvalue weighted by atomic mass is 79.9. The minimum Gasteiger partial charge on any atom is -0.377 e. The highest BCUT2D eigenvalue weighted by molar-refractivity contribution is 9.10. The van der Waals surface area contributed by atoms with E-state index in [9.17, 15) is 0 Å². The minimum absolute atomic E-state index is 0.130. The van der Waals surface area contributed by atoms with Crippen LogP contribution in [-0.4, -0.2) is 46.1 Å². The molecule has 0 amide bonds. The van der Waals surface area contributed by atoms with Gasteiger partial charge in [-0.2, -0.15) is 0 Å². The lowest BCUT2D eigenvalue weighted by Crippen LogP contribution is -2.27. The van der Waals surface area contributed by atoms with Gasteiger partial charge in [-0.15, -0.1) is 0 Å². The van der Waals surface area contributed by atoms with E-state index in [0.29, 0.717) is 0 Å². The maximum Gasteiger partial charge on any atom is 0.102 e. The van der Waals surface area contributed by atoms with Gasteiger partial charge in [0.1, 0.15) is 12.2 Å². The van der Waals surface area contributed by atoms with Gasteiger partial charge in [0.15, 0.2) is 0 Å². The Morgan fingerprint density at radius 1 is 1.24 bits per heavy atom. The molecule has 1 saturated heterocycles. The number of nitrogens with one attached hydrogen (secondary N) is 1. The Morgan fingerprint density at radius 3 is 2.48 bits per heavy atom. The summed E-state index contributed by atoms with van der Waals surface area (Å²) < 4.78 is 12.2. The molecule has 0 saturated carbocycles. The number of hydrogen-bond donors (Lipinski definition) is 1. The molecule has 1 aliphatic heterocycles. The fourth-order valence-electron chi connectivity index (χ4n) is 2.77. The molecule has 5 heteroatoms. The van der Waals surface area contributed by atoms with Crippen molar-refractivity contribution in [2.24, 2.45) is 0 Å². The molecule has 1 fully saturated rings. The van der Waals surface area contributed by atoms with Crippen LogP contribution in [0.25, 0.3) is 0 Å². The lowest BCUT2D eigenvalue weighted by Gasteiger charge is -2.22. The number of methoxy groups -OCH3 is 2. The van der Waals surface area contributed by atoms with Crippen LogP contribution < -0.4 is 10.2 Å². The number of nitrogens with zero attached hydrogens (tertiary/aromatic N) is 1. The first-order valence-electron chi connectivity index (χ1n) is 7.49. The normalized spacial score (nSPS) is 22.0. The van der Waals surface area contributed by atoms with E-state index < -0.39 is 0 Å². The van der Waals surface area contributed by atoms with Gasteiger partial charge < -0.3 is 19.7 Å². The van der Waals surface area contributed by atoms with Crippen molar-refractivity contribution in [1.82, 2.24) is 5.32 Å². The Kier molecular flexibility index (Phi) is 6.48. The Labute approximate surface area is 135 Å². The van der Waals surface area contributed by atoms with Crippen molar-refractivity contribution in [3.8, 4) is 0 Å². The number of anilines is 1. The van der Waals surface area contributed by atoms with Crippen LogP contribution in [0, 0.1) is 0 Å². The smallest absolute Gasteiger partial charge is 0.102 e. The third kappa shape index (κ3) is 4.19. The Morgan fingerprint density at radius 2 is 1.90 bits per heavy atom. The molecular weight excluding hydrogens is 332 g/mol. The first-order valence-corrected chi connectivity index (χ1v) is 8.28. The Bertz CT molecular complexity index is 444. The molecule has 118 valence electrons. The van der Waals surface area contributed by atoms with Gasteiger partial charge in [0.05, 0.1) is 0 Å². The van der Waals surface area contributed by atoms with Crippen LogP contribution in [0.4, 0.5) is 5.69 Å². The third-order valence-corrected chi connectivity index (χ3v) is 4.44. The summed E-state index contributed by atoms with van der Waals surface area (Å²) in [5, 5.41) is 3.48. The second-order valence-corrected chi connectivity index (χ2v) is 6.32. The van der Waals surface area contributed by atoms with E-state index in [1.165, 1.54) is 11.3 Å². The number of halogens is 1. The van der Waals surface area contributed by atoms with Crippen molar-refractivity contribution in [2.45, 2.75) is 32.1 Å². The topological polar surface area (TPSA) is 33.7 Å². The predicted molar refractivity (Wildman–Crippen MR) is 89.9 cm³/mol. The van der Waals surface area contributed by atoms with E-state index in [4.69, 9.17) is 9.47 Å². The number of ether oxygens (including phenoxy) is 2. The lowest BCUT2D eigenvalue weighted by molar-refractivity contribution is -0.00461. The molecule has 0 aromatic heterocycles. The van der Waals surface area contributed by atoms with Crippen molar-refractivity contribution >= 4 is 21.6 Å². The average molecular weight is 357 g/mol. The summed E-state index contributed by atoms with van der Waals surface area (Å²) in [5.41, 5.74) is 2.58. The van der Waals surface area contributed by atoms with E-state index in [2.05, 4.69) is 51.3 Å². The molecule has 21 heavy (non-hydrogen) atoms. The van der Waals surface area contributed by atoms with Gasteiger partial charge in [-0.05, 0) is 30.7 Å². The molecule has 0 spiro atoms. The van der Waals surface area contributed by atoms with Crippen molar-refractivity contribution in [1.29, 1.82) is 0 Å². The predicted octanol–water partition coefficient (Wildman–Crippen LogP) is 2.80. The lowest BCUT2D eigenvalue weighted by atomic mass is 10.1. The molecule has 1 aromatic rings. The number of benzene rings is 1. The van der Waals surface area contributed by atoms with Gasteiger partial charge in [-0.1, -0.05) is 28.9 Å². The summed E-state index contributed by atoms with van der Waals surface area (Å²) >= 11 is 3.58. The molecule has 1 aromatic carbocycles. The van der Waals surface area contributed by atoms with E-state index in [1.807, 2.05) is 0 Å². The molecule has 1 N–H and O–H groups in total. The van der Waals surface area contributed by atoms with Crippen LogP contribution in [0.1, 0.15) is 18.9 Å². The van der Waals surface area contributed by atoms with Crippen LogP contribution in [0.2, 0.25) is 0 Å². The number of hydrogen-bond acceptors (Lipinski definition) is 4. The summed E-state index contributed by atoms with van der Waals surface area (Å²) in [4.78, 5) is 2.36. The second-order valence-electron chi connectivity index (χ2n) is 5.40. The zero-order valence-corrected chi connectivity index (χ0v) is 14.6. The largest absolute Gasteiger partial charge is 0.377 e. The molecule has 4 nitrogen and oxygen atoms in total. The second kappa shape index (κ2) is 8.13. The van der Waals surface area contributed by atoms with E-state index in [-0.39, 0.29) is 12.2 Å². The number of rotatable bonds is 7. The summed E-state index contributed by atoms with van der Waals surface area (Å²) in [5.74, 6) is 0.